The van der Waals surface area contributed by atoms with E-state index in [0.717, 1.165) is 25.5 Å². The second-order valence-electron chi connectivity index (χ2n) is 6.36. The van der Waals surface area contributed by atoms with Crippen LogP contribution in [0.2, 0.25) is 0 Å². The SMILES string of the molecule is CCc1ccc2c(c1)CC(C(O)[CH]Cc1cc(F)cc(F)c1)NC2. The lowest BCUT2D eigenvalue weighted by atomic mass is 9.89. The molecule has 0 aliphatic carbocycles. The minimum Gasteiger partial charge on any atom is -0.391 e. The number of aryl methyl sites for hydroxylation is 1. The first-order chi connectivity index (χ1) is 11.5. The Kier molecular flexibility index (Phi) is 5.27. The van der Waals surface area contributed by atoms with E-state index in [4.69, 9.17) is 0 Å². The van der Waals surface area contributed by atoms with Crippen LogP contribution in [0.1, 0.15) is 29.2 Å². The minimum atomic E-state index is -0.672. The Morgan fingerprint density at radius 3 is 2.58 bits per heavy atom. The highest BCUT2D eigenvalue weighted by molar-refractivity contribution is 5.35. The zero-order chi connectivity index (χ0) is 17.1. The molecular formula is C20H22F2NO. The van der Waals surface area contributed by atoms with Crippen molar-refractivity contribution in [2.75, 3.05) is 0 Å². The first-order valence-corrected chi connectivity index (χ1v) is 8.35. The smallest absolute Gasteiger partial charge is 0.126 e. The summed E-state index contributed by atoms with van der Waals surface area (Å²) in [5.74, 6) is -1.19. The molecule has 24 heavy (non-hydrogen) atoms. The van der Waals surface area contributed by atoms with Crippen LogP contribution in [0.4, 0.5) is 8.78 Å². The first-order valence-electron chi connectivity index (χ1n) is 8.35. The van der Waals surface area contributed by atoms with Crippen LogP contribution >= 0.6 is 0 Å². The summed E-state index contributed by atoms with van der Waals surface area (Å²) in [5, 5.41) is 13.8. The van der Waals surface area contributed by atoms with E-state index < -0.39 is 17.7 Å². The van der Waals surface area contributed by atoms with Gasteiger partial charge >= 0.3 is 0 Å². The highest BCUT2D eigenvalue weighted by Gasteiger charge is 2.24. The number of fused-ring (bicyclic) bond motifs is 1. The monoisotopic (exact) mass is 330 g/mol. The fourth-order valence-electron chi connectivity index (χ4n) is 3.20. The number of hydrogen-bond donors (Lipinski definition) is 2. The molecule has 1 aliphatic rings. The molecule has 4 heteroatoms. The Hall–Kier alpha value is -1.78. The number of halogens is 2. The van der Waals surface area contributed by atoms with Crippen molar-refractivity contribution in [1.82, 2.24) is 5.32 Å². The molecule has 3 rings (SSSR count). The molecule has 127 valence electrons. The van der Waals surface area contributed by atoms with E-state index in [0.29, 0.717) is 12.0 Å². The molecule has 2 atom stereocenters. The fraction of sp³-hybridized carbons (Fsp3) is 0.350. The van der Waals surface area contributed by atoms with E-state index in [-0.39, 0.29) is 6.04 Å². The lowest BCUT2D eigenvalue weighted by Gasteiger charge is -2.30. The van der Waals surface area contributed by atoms with Crippen molar-refractivity contribution in [1.29, 1.82) is 0 Å². The van der Waals surface area contributed by atoms with Crippen LogP contribution in [0.3, 0.4) is 0 Å². The third kappa shape index (κ3) is 4.00. The molecular weight excluding hydrogens is 308 g/mol. The second kappa shape index (κ2) is 7.41. The Balaban J connectivity index is 1.62. The van der Waals surface area contributed by atoms with Crippen LogP contribution in [0.15, 0.2) is 36.4 Å². The summed E-state index contributed by atoms with van der Waals surface area (Å²) in [4.78, 5) is 0. The third-order valence-corrected chi connectivity index (χ3v) is 4.60. The highest BCUT2D eigenvalue weighted by atomic mass is 19.1. The Morgan fingerprint density at radius 1 is 1.12 bits per heavy atom. The van der Waals surface area contributed by atoms with Gasteiger partial charge < -0.3 is 10.4 Å². The highest BCUT2D eigenvalue weighted by Crippen LogP contribution is 2.21. The lowest BCUT2D eigenvalue weighted by molar-refractivity contribution is 0.149. The maximum atomic E-state index is 13.2. The van der Waals surface area contributed by atoms with Gasteiger partial charge in [0, 0.05) is 18.7 Å². The molecule has 2 unspecified atom stereocenters. The predicted octanol–water partition coefficient (Wildman–Crippen LogP) is 3.35. The Morgan fingerprint density at radius 2 is 1.88 bits per heavy atom. The van der Waals surface area contributed by atoms with Crippen molar-refractivity contribution in [3.63, 3.8) is 0 Å². The molecule has 0 amide bonds. The summed E-state index contributed by atoms with van der Waals surface area (Å²) in [6.07, 6.45) is 3.11. The third-order valence-electron chi connectivity index (χ3n) is 4.60. The molecule has 2 aromatic rings. The fourth-order valence-corrected chi connectivity index (χ4v) is 3.20. The molecule has 2 N–H and O–H groups in total. The maximum absolute atomic E-state index is 13.2. The quantitative estimate of drug-likeness (QED) is 0.881. The summed E-state index contributed by atoms with van der Waals surface area (Å²) in [6.45, 7) is 2.85. The summed E-state index contributed by atoms with van der Waals surface area (Å²) in [7, 11) is 0. The van der Waals surface area contributed by atoms with Gasteiger partial charge in [0.1, 0.15) is 11.6 Å². The average molecular weight is 330 g/mol. The van der Waals surface area contributed by atoms with E-state index >= 15 is 0 Å². The van der Waals surface area contributed by atoms with Gasteiger partial charge in [-0.1, -0.05) is 25.1 Å². The molecule has 1 heterocycles. The number of hydrogen-bond acceptors (Lipinski definition) is 2. The summed E-state index contributed by atoms with van der Waals surface area (Å²) in [5.41, 5.74) is 4.35. The molecule has 2 aromatic carbocycles. The van der Waals surface area contributed by atoms with Crippen molar-refractivity contribution >= 4 is 0 Å². The number of rotatable bonds is 5. The van der Waals surface area contributed by atoms with E-state index in [2.05, 4.69) is 30.4 Å². The standard InChI is InChI=1S/C20H22F2NO/c1-2-13-3-5-15-12-23-19(10-16(15)7-13)20(24)6-4-14-8-17(21)11-18(22)9-14/h3,5-9,11,19-20,23-24H,2,4,10,12H2,1H3. The van der Waals surface area contributed by atoms with E-state index in [1.54, 1.807) is 6.42 Å². The van der Waals surface area contributed by atoms with Crippen LogP contribution in [0, 0.1) is 18.1 Å². The number of benzene rings is 2. The normalized spacial score (nSPS) is 18.2. The minimum absolute atomic E-state index is 0.0805. The molecule has 0 saturated carbocycles. The van der Waals surface area contributed by atoms with Gasteiger partial charge in [0.25, 0.3) is 0 Å². The first kappa shape index (κ1) is 17.1. The number of aliphatic hydroxyl groups is 1. The Labute approximate surface area is 141 Å². The zero-order valence-corrected chi connectivity index (χ0v) is 13.7. The van der Waals surface area contributed by atoms with E-state index in [1.807, 2.05) is 0 Å². The van der Waals surface area contributed by atoms with Crippen LogP contribution in [0.5, 0.6) is 0 Å². The van der Waals surface area contributed by atoms with Gasteiger partial charge in [-0.2, -0.15) is 0 Å². The Bertz CT molecular complexity index is 697. The molecule has 0 fully saturated rings. The molecule has 1 radical (unpaired) electrons. The van der Waals surface area contributed by atoms with Gasteiger partial charge in [-0.25, -0.2) is 8.78 Å². The van der Waals surface area contributed by atoms with Gasteiger partial charge in [0.05, 0.1) is 6.10 Å². The van der Waals surface area contributed by atoms with Crippen molar-refractivity contribution in [3.8, 4) is 0 Å². The largest absolute Gasteiger partial charge is 0.391 e. The van der Waals surface area contributed by atoms with Crippen molar-refractivity contribution in [3.05, 3.63) is 76.7 Å². The zero-order valence-electron chi connectivity index (χ0n) is 13.7. The molecule has 1 aliphatic heterocycles. The van der Waals surface area contributed by atoms with Crippen molar-refractivity contribution in [2.45, 2.75) is 44.9 Å². The van der Waals surface area contributed by atoms with Crippen LogP contribution in [-0.4, -0.2) is 17.3 Å². The van der Waals surface area contributed by atoms with Crippen molar-refractivity contribution < 1.29 is 13.9 Å². The van der Waals surface area contributed by atoms with Gasteiger partial charge in [0.15, 0.2) is 0 Å². The van der Waals surface area contributed by atoms with E-state index in [9.17, 15) is 13.9 Å². The van der Waals surface area contributed by atoms with E-state index in [1.165, 1.54) is 28.8 Å². The second-order valence-corrected chi connectivity index (χ2v) is 6.36. The van der Waals surface area contributed by atoms with Crippen LogP contribution in [0.25, 0.3) is 0 Å². The number of nitrogens with one attached hydrogen (secondary N) is 1. The average Bonchev–Trinajstić information content (AvgIpc) is 2.57. The lowest BCUT2D eigenvalue weighted by Crippen LogP contribution is -2.44. The van der Waals surface area contributed by atoms with Crippen LogP contribution in [-0.2, 0) is 25.8 Å². The summed E-state index contributed by atoms with van der Waals surface area (Å²) in [6, 6.07) is 9.85. The van der Waals surface area contributed by atoms with Gasteiger partial charge in [-0.15, -0.1) is 0 Å². The van der Waals surface area contributed by atoms with Crippen LogP contribution < -0.4 is 5.32 Å². The maximum Gasteiger partial charge on any atom is 0.126 e. The molecule has 0 saturated heterocycles. The van der Waals surface area contributed by atoms with Crippen molar-refractivity contribution in [2.24, 2.45) is 0 Å². The predicted molar refractivity (Wildman–Crippen MR) is 90.5 cm³/mol. The molecule has 2 nitrogen and oxygen atoms in total. The number of aliphatic hydroxyl groups excluding tert-OH is 1. The molecule has 0 bridgehead atoms. The molecule has 0 aromatic heterocycles. The summed E-state index contributed by atoms with van der Waals surface area (Å²) < 4.78 is 26.4. The van der Waals surface area contributed by atoms with Gasteiger partial charge in [0.2, 0.25) is 0 Å². The molecule has 0 spiro atoms. The summed E-state index contributed by atoms with van der Waals surface area (Å²) >= 11 is 0. The van der Waals surface area contributed by atoms with Gasteiger partial charge in [-0.3, -0.25) is 0 Å². The topological polar surface area (TPSA) is 32.3 Å². The van der Waals surface area contributed by atoms with Gasteiger partial charge in [-0.05, 0) is 60.1 Å².